The summed E-state index contributed by atoms with van der Waals surface area (Å²) in [6.07, 6.45) is -4.43. The van der Waals surface area contributed by atoms with Gasteiger partial charge in [0, 0.05) is 0 Å². The Morgan fingerprint density at radius 2 is 1.29 bits per heavy atom. The third kappa shape index (κ3) is 3.56. The Morgan fingerprint density at radius 3 is 1.79 bits per heavy atom. The maximum absolute atomic E-state index is 12.6. The van der Waals surface area contributed by atoms with Crippen LogP contribution in [0, 0.1) is 0 Å². The number of rotatable bonds is 3. The molecule has 0 saturated heterocycles. The molecule has 7 heteroatoms. The first-order valence-corrected chi connectivity index (χ1v) is 6.76. The van der Waals surface area contributed by atoms with E-state index in [2.05, 4.69) is 9.47 Å². The Balaban J connectivity index is 2.48. The third-order valence-corrected chi connectivity index (χ3v) is 3.38. The summed E-state index contributed by atoms with van der Waals surface area (Å²) < 4.78 is 47.0. The first-order valence-electron chi connectivity index (χ1n) is 6.76. The Hall–Kier alpha value is -2.83. The molecule has 0 fully saturated rings. The van der Waals surface area contributed by atoms with Crippen LogP contribution in [0.3, 0.4) is 0 Å². The lowest BCUT2D eigenvalue weighted by Gasteiger charge is -2.10. The summed E-state index contributed by atoms with van der Waals surface area (Å²) in [5.74, 6) is -1.46. The summed E-state index contributed by atoms with van der Waals surface area (Å²) in [6, 6.07) is 8.73. The summed E-state index contributed by atoms with van der Waals surface area (Å²) >= 11 is 0. The number of methoxy groups -OCH3 is 2. The maximum Gasteiger partial charge on any atom is 0.416 e. The van der Waals surface area contributed by atoms with Gasteiger partial charge in [0.15, 0.2) is 0 Å². The summed E-state index contributed by atoms with van der Waals surface area (Å²) in [7, 11) is 2.33. The number of carbonyl (C=O) groups is 2. The van der Waals surface area contributed by atoms with Gasteiger partial charge in [-0.3, -0.25) is 0 Å². The number of carbonyl (C=O) groups excluding carboxylic acids is 2. The van der Waals surface area contributed by atoms with Crippen LogP contribution in [0.2, 0.25) is 0 Å². The molecule has 0 saturated carbocycles. The zero-order valence-corrected chi connectivity index (χ0v) is 12.8. The van der Waals surface area contributed by atoms with Gasteiger partial charge in [0.2, 0.25) is 0 Å². The number of alkyl halides is 3. The molecular weight excluding hydrogens is 325 g/mol. The van der Waals surface area contributed by atoms with E-state index >= 15 is 0 Å². The molecule has 126 valence electrons. The molecule has 24 heavy (non-hydrogen) atoms. The molecule has 0 aliphatic rings. The molecule has 2 aromatic carbocycles. The molecule has 0 unspecified atom stereocenters. The average molecular weight is 338 g/mol. The average Bonchev–Trinajstić information content (AvgIpc) is 2.59. The lowest BCUT2D eigenvalue weighted by Crippen LogP contribution is -2.11. The molecule has 0 spiro atoms. The van der Waals surface area contributed by atoms with Gasteiger partial charge in [-0.1, -0.05) is 18.2 Å². The summed E-state index contributed by atoms with van der Waals surface area (Å²) in [5, 5.41) is 0. The van der Waals surface area contributed by atoms with Crippen molar-refractivity contribution in [3.8, 4) is 11.1 Å². The molecular formula is C17H13F3O4. The lowest BCUT2D eigenvalue weighted by molar-refractivity contribution is -0.137. The molecule has 0 heterocycles. The van der Waals surface area contributed by atoms with Crippen LogP contribution in [-0.2, 0) is 15.7 Å². The van der Waals surface area contributed by atoms with Crippen LogP contribution in [0.5, 0.6) is 0 Å². The molecule has 0 radical (unpaired) electrons. The SMILES string of the molecule is COC(=O)c1ccc(-c2ccc(C(F)(F)F)cc2)cc1C(=O)OC. The summed E-state index contributed by atoms with van der Waals surface area (Å²) in [5.41, 5.74) is 0.147. The zero-order chi connectivity index (χ0) is 17.9. The van der Waals surface area contributed by atoms with Gasteiger partial charge in [-0.15, -0.1) is 0 Å². The first kappa shape index (κ1) is 17.5. The van der Waals surface area contributed by atoms with E-state index in [1.807, 2.05) is 0 Å². The van der Waals surface area contributed by atoms with E-state index in [1.165, 1.54) is 37.4 Å². The van der Waals surface area contributed by atoms with E-state index in [1.54, 1.807) is 0 Å². The minimum Gasteiger partial charge on any atom is -0.465 e. The number of halogens is 3. The highest BCUT2D eigenvalue weighted by molar-refractivity contribution is 6.04. The van der Waals surface area contributed by atoms with Crippen molar-refractivity contribution in [2.24, 2.45) is 0 Å². The molecule has 0 N–H and O–H groups in total. The van der Waals surface area contributed by atoms with E-state index in [4.69, 9.17) is 0 Å². The molecule has 4 nitrogen and oxygen atoms in total. The van der Waals surface area contributed by atoms with E-state index in [0.29, 0.717) is 11.1 Å². The van der Waals surface area contributed by atoms with Gasteiger partial charge in [-0.25, -0.2) is 9.59 Å². The van der Waals surface area contributed by atoms with Crippen molar-refractivity contribution in [2.45, 2.75) is 6.18 Å². The Bertz CT molecular complexity index is 764. The van der Waals surface area contributed by atoms with Crippen LogP contribution in [-0.4, -0.2) is 26.2 Å². The van der Waals surface area contributed by atoms with Gasteiger partial charge in [0.1, 0.15) is 0 Å². The largest absolute Gasteiger partial charge is 0.465 e. The van der Waals surface area contributed by atoms with Crippen molar-refractivity contribution in [3.63, 3.8) is 0 Å². The second-order valence-corrected chi connectivity index (χ2v) is 4.82. The minimum absolute atomic E-state index is 0.0139. The predicted molar refractivity (Wildman–Crippen MR) is 79.6 cm³/mol. The van der Waals surface area contributed by atoms with Crippen molar-refractivity contribution in [1.29, 1.82) is 0 Å². The van der Waals surface area contributed by atoms with Crippen molar-refractivity contribution < 1.29 is 32.2 Å². The third-order valence-electron chi connectivity index (χ3n) is 3.38. The highest BCUT2D eigenvalue weighted by Gasteiger charge is 2.30. The highest BCUT2D eigenvalue weighted by atomic mass is 19.4. The van der Waals surface area contributed by atoms with Gasteiger partial charge in [0.25, 0.3) is 0 Å². The molecule has 0 atom stereocenters. The van der Waals surface area contributed by atoms with E-state index in [-0.39, 0.29) is 11.1 Å². The Labute approximate surface area is 135 Å². The van der Waals surface area contributed by atoms with E-state index in [9.17, 15) is 22.8 Å². The Kier molecular flexibility index (Phi) is 4.92. The van der Waals surface area contributed by atoms with E-state index in [0.717, 1.165) is 19.2 Å². The van der Waals surface area contributed by atoms with Crippen LogP contribution >= 0.6 is 0 Å². The van der Waals surface area contributed by atoms with Gasteiger partial charge in [-0.2, -0.15) is 13.2 Å². The normalized spacial score (nSPS) is 11.0. The van der Waals surface area contributed by atoms with Crippen LogP contribution in [0.25, 0.3) is 11.1 Å². The molecule has 0 aromatic heterocycles. The van der Waals surface area contributed by atoms with Gasteiger partial charge in [-0.05, 0) is 35.4 Å². The fourth-order valence-corrected chi connectivity index (χ4v) is 2.14. The first-order chi connectivity index (χ1) is 11.3. The second kappa shape index (κ2) is 6.74. The van der Waals surface area contributed by atoms with Crippen molar-refractivity contribution in [2.75, 3.05) is 14.2 Å². The van der Waals surface area contributed by atoms with Crippen LogP contribution in [0.4, 0.5) is 13.2 Å². The van der Waals surface area contributed by atoms with Crippen LogP contribution < -0.4 is 0 Å². The van der Waals surface area contributed by atoms with Crippen molar-refractivity contribution >= 4 is 11.9 Å². The summed E-state index contributed by atoms with van der Waals surface area (Å²) in [6.45, 7) is 0. The topological polar surface area (TPSA) is 52.6 Å². The molecule has 2 aromatic rings. The monoisotopic (exact) mass is 338 g/mol. The number of benzene rings is 2. The highest BCUT2D eigenvalue weighted by Crippen LogP contribution is 2.31. The number of ether oxygens (including phenoxy) is 2. The number of hydrogen-bond donors (Lipinski definition) is 0. The van der Waals surface area contributed by atoms with Gasteiger partial charge in [0.05, 0.1) is 30.9 Å². The quantitative estimate of drug-likeness (QED) is 0.796. The molecule has 0 aliphatic heterocycles. The smallest absolute Gasteiger partial charge is 0.416 e. The maximum atomic E-state index is 12.6. The fraction of sp³-hybridized carbons (Fsp3) is 0.176. The summed E-state index contributed by atoms with van der Waals surface area (Å²) in [4.78, 5) is 23.5. The number of hydrogen-bond acceptors (Lipinski definition) is 4. The Morgan fingerprint density at radius 1 is 0.792 bits per heavy atom. The molecule has 0 aliphatic carbocycles. The second-order valence-electron chi connectivity index (χ2n) is 4.82. The molecule has 2 rings (SSSR count). The minimum atomic E-state index is -4.43. The van der Waals surface area contributed by atoms with Crippen LogP contribution in [0.15, 0.2) is 42.5 Å². The zero-order valence-electron chi connectivity index (χ0n) is 12.8. The van der Waals surface area contributed by atoms with E-state index < -0.39 is 23.7 Å². The van der Waals surface area contributed by atoms with Crippen molar-refractivity contribution in [1.82, 2.24) is 0 Å². The predicted octanol–water partition coefficient (Wildman–Crippen LogP) is 3.95. The molecule has 0 amide bonds. The standard InChI is InChI=1S/C17H13F3O4/c1-23-15(21)13-8-5-11(9-14(13)16(22)24-2)10-3-6-12(7-4-10)17(18,19)20/h3-9H,1-2H3. The molecule has 0 bridgehead atoms. The fourth-order valence-electron chi connectivity index (χ4n) is 2.14. The van der Waals surface area contributed by atoms with Crippen molar-refractivity contribution in [3.05, 3.63) is 59.2 Å². The van der Waals surface area contributed by atoms with Gasteiger partial charge >= 0.3 is 18.1 Å². The van der Waals surface area contributed by atoms with Crippen LogP contribution in [0.1, 0.15) is 26.3 Å². The number of esters is 2. The van der Waals surface area contributed by atoms with Gasteiger partial charge < -0.3 is 9.47 Å². The lowest BCUT2D eigenvalue weighted by atomic mass is 9.98.